The van der Waals surface area contributed by atoms with Crippen molar-refractivity contribution in [3.05, 3.63) is 64.3 Å². The van der Waals surface area contributed by atoms with Gasteiger partial charge in [-0.15, -0.1) is 0 Å². The molecule has 0 amide bonds. The Hall–Kier alpha value is -2.92. The van der Waals surface area contributed by atoms with Gasteiger partial charge < -0.3 is 15.4 Å². The minimum atomic E-state index is -3.49. The van der Waals surface area contributed by atoms with Crippen molar-refractivity contribution in [1.29, 1.82) is 0 Å². The molecule has 0 atom stereocenters. The molecule has 4 N–H and O–H groups in total. The molecule has 1 aliphatic carbocycles. The average Bonchev–Trinajstić information content (AvgIpc) is 3.61. The summed E-state index contributed by atoms with van der Waals surface area (Å²) in [7, 11) is -3.49. The summed E-state index contributed by atoms with van der Waals surface area (Å²) in [5, 5.41) is 6.78. The van der Waals surface area contributed by atoms with Crippen LogP contribution in [0.3, 0.4) is 0 Å². The van der Waals surface area contributed by atoms with Crippen molar-refractivity contribution in [3.8, 4) is 5.75 Å². The van der Waals surface area contributed by atoms with Crippen LogP contribution in [0.25, 0.3) is 0 Å². The maximum atomic E-state index is 12.0. The zero-order chi connectivity index (χ0) is 25.0. The van der Waals surface area contributed by atoms with E-state index in [1.54, 1.807) is 0 Å². The van der Waals surface area contributed by atoms with Crippen LogP contribution in [0.1, 0.15) is 36.5 Å². The lowest BCUT2D eigenvalue weighted by Gasteiger charge is -2.14. The van der Waals surface area contributed by atoms with Gasteiger partial charge in [-0.3, -0.25) is 0 Å². The number of nitrogens with zero attached hydrogens (tertiary/aromatic N) is 2. The Morgan fingerprint density at radius 1 is 1.06 bits per heavy atom. The van der Waals surface area contributed by atoms with Gasteiger partial charge in [0.1, 0.15) is 10.8 Å². The first kappa shape index (κ1) is 25.2. The highest BCUT2D eigenvalue weighted by Crippen LogP contribution is 2.30. The second-order valence-corrected chi connectivity index (χ2v) is 10.4. The second kappa shape index (κ2) is 10.8. The molecule has 0 radical (unpaired) electrons. The highest BCUT2D eigenvalue weighted by atomic mass is 35.5. The van der Waals surface area contributed by atoms with Crippen LogP contribution < -0.4 is 24.8 Å². The summed E-state index contributed by atoms with van der Waals surface area (Å²) in [6.07, 6.45) is 3.32. The van der Waals surface area contributed by atoms with Crippen molar-refractivity contribution in [1.82, 2.24) is 19.4 Å². The van der Waals surface area contributed by atoms with E-state index in [1.807, 2.05) is 57.2 Å². The number of rotatable bonds is 11. The largest absolute Gasteiger partial charge is 0.493 e. The molecule has 35 heavy (non-hydrogen) atoms. The van der Waals surface area contributed by atoms with Gasteiger partial charge in [0.25, 0.3) is 10.2 Å². The first-order valence-corrected chi connectivity index (χ1v) is 13.2. The van der Waals surface area contributed by atoms with Crippen LogP contribution in [0.5, 0.6) is 5.75 Å². The predicted molar refractivity (Wildman–Crippen MR) is 139 cm³/mol. The van der Waals surface area contributed by atoms with Crippen molar-refractivity contribution in [3.63, 3.8) is 0 Å². The van der Waals surface area contributed by atoms with E-state index in [0.717, 1.165) is 46.7 Å². The first-order valence-electron chi connectivity index (χ1n) is 11.4. The van der Waals surface area contributed by atoms with E-state index in [1.165, 1.54) is 6.20 Å². The van der Waals surface area contributed by atoms with Crippen molar-refractivity contribution < 1.29 is 13.2 Å². The molecule has 0 bridgehead atoms. The number of aromatic nitrogens is 2. The molecule has 1 heterocycles. The van der Waals surface area contributed by atoms with Crippen molar-refractivity contribution in [2.45, 2.75) is 46.2 Å². The zero-order valence-electron chi connectivity index (χ0n) is 19.9. The summed E-state index contributed by atoms with van der Waals surface area (Å²) in [6.45, 7) is 6.77. The number of aryl methyl sites for hydroxylation is 2. The summed E-state index contributed by atoms with van der Waals surface area (Å²) in [6, 6.07) is 11.4. The number of hydrogen-bond acceptors (Lipinski definition) is 7. The standard InChI is InChI=1S/C24H29ClN6O3S/c1-4-34-22-15(2)11-20(12-16(22)3)29-24-26-14-21(25)23(30-24)28-18-7-5-17(6-8-18)13-27-35(32,33)31-19-9-10-19/h5-8,11-12,14,19,27,31H,4,9-10,13H2,1-3H3,(H2,26,28,29,30). The summed E-state index contributed by atoms with van der Waals surface area (Å²) < 4.78 is 34.8. The Morgan fingerprint density at radius 3 is 2.37 bits per heavy atom. The average molecular weight is 517 g/mol. The van der Waals surface area contributed by atoms with Crippen LogP contribution in [-0.2, 0) is 16.8 Å². The molecule has 1 saturated carbocycles. The van der Waals surface area contributed by atoms with Crippen LogP contribution in [0, 0.1) is 13.8 Å². The molecule has 3 aromatic rings. The molecule has 1 fully saturated rings. The van der Waals surface area contributed by atoms with Gasteiger partial charge >= 0.3 is 0 Å². The molecule has 11 heteroatoms. The van der Waals surface area contributed by atoms with E-state index in [0.29, 0.717) is 23.4 Å². The maximum Gasteiger partial charge on any atom is 0.277 e. The third-order valence-corrected chi connectivity index (χ3v) is 6.78. The third-order valence-electron chi connectivity index (χ3n) is 5.33. The van der Waals surface area contributed by atoms with Gasteiger partial charge in [0, 0.05) is 24.0 Å². The van der Waals surface area contributed by atoms with E-state index in [-0.39, 0.29) is 12.6 Å². The zero-order valence-corrected chi connectivity index (χ0v) is 21.4. The number of hydrogen-bond donors (Lipinski definition) is 4. The monoisotopic (exact) mass is 516 g/mol. The van der Waals surface area contributed by atoms with E-state index in [9.17, 15) is 8.42 Å². The van der Waals surface area contributed by atoms with E-state index in [4.69, 9.17) is 16.3 Å². The Kier molecular flexibility index (Phi) is 7.75. The van der Waals surface area contributed by atoms with Crippen LogP contribution in [0.4, 0.5) is 23.1 Å². The Morgan fingerprint density at radius 2 is 1.74 bits per heavy atom. The number of halogens is 1. The van der Waals surface area contributed by atoms with E-state index < -0.39 is 10.2 Å². The molecule has 9 nitrogen and oxygen atoms in total. The highest BCUT2D eigenvalue weighted by Gasteiger charge is 2.26. The molecule has 2 aromatic carbocycles. The minimum Gasteiger partial charge on any atom is -0.493 e. The minimum absolute atomic E-state index is 0.0681. The quantitative estimate of drug-likeness (QED) is 0.291. The third kappa shape index (κ3) is 7.04. The second-order valence-electron chi connectivity index (χ2n) is 8.43. The predicted octanol–water partition coefficient (Wildman–Crippen LogP) is 4.72. The fraction of sp³-hybridized carbons (Fsp3) is 0.333. The number of anilines is 4. The molecule has 0 aliphatic heterocycles. The fourth-order valence-electron chi connectivity index (χ4n) is 3.52. The number of nitrogens with one attached hydrogen (secondary N) is 4. The van der Waals surface area contributed by atoms with Crippen molar-refractivity contribution in [2.75, 3.05) is 17.2 Å². The smallest absolute Gasteiger partial charge is 0.277 e. The van der Waals surface area contributed by atoms with Gasteiger partial charge in [0.05, 0.1) is 12.8 Å². The molecule has 4 rings (SSSR count). The summed E-state index contributed by atoms with van der Waals surface area (Å²) in [5.74, 6) is 1.73. The van der Waals surface area contributed by atoms with Crippen molar-refractivity contribution in [2.24, 2.45) is 0 Å². The molecule has 1 aliphatic rings. The lowest BCUT2D eigenvalue weighted by molar-refractivity contribution is 0.335. The fourth-order valence-corrected chi connectivity index (χ4v) is 4.77. The van der Waals surface area contributed by atoms with Gasteiger partial charge in [0.2, 0.25) is 5.95 Å². The molecular weight excluding hydrogens is 488 g/mol. The van der Waals surface area contributed by atoms with E-state index in [2.05, 4.69) is 30.0 Å². The Bertz CT molecular complexity index is 1270. The number of benzene rings is 2. The molecule has 0 saturated heterocycles. The molecule has 0 spiro atoms. The van der Waals surface area contributed by atoms with Gasteiger partial charge in [-0.25, -0.2) is 4.98 Å². The molecule has 186 valence electrons. The topological polar surface area (TPSA) is 117 Å². The lowest BCUT2D eigenvalue weighted by atomic mass is 10.1. The van der Waals surface area contributed by atoms with Gasteiger partial charge in [-0.2, -0.15) is 22.8 Å². The highest BCUT2D eigenvalue weighted by molar-refractivity contribution is 7.87. The Balaban J connectivity index is 1.41. The summed E-state index contributed by atoms with van der Waals surface area (Å²) in [5.41, 5.74) is 4.47. The van der Waals surface area contributed by atoms with Crippen LogP contribution in [-0.4, -0.2) is 31.0 Å². The van der Waals surface area contributed by atoms with Gasteiger partial charge in [-0.05, 0) is 74.6 Å². The van der Waals surface area contributed by atoms with Crippen LogP contribution in [0.2, 0.25) is 5.02 Å². The van der Waals surface area contributed by atoms with Gasteiger partial charge in [-0.1, -0.05) is 23.7 Å². The molecule has 0 unspecified atom stereocenters. The van der Waals surface area contributed by atoms with Crippen LogP contribution in [0.15, 0.2) is 42.6 Å². The number of ether oxygens (including phenoxy) is 1. The van der Waals surface area contributed by atoms with Crippen LogP contribution >= 0.6 is 11.6 Å². The molecule has 1 aromatic heterocycles. The van der Waals surface area contributed by atoms with Gasteiger partial charge in [0.15, 0.2) is 5.82 Å². The summed E-state index contributed by atoms with van der Waals surface area (Å²) >= 11 is 6.32. The Labute approximate surface area is 210 Å². The normalized spacial score (nSPS) is 13.5. The first-order chi connectivity index (χ1) is 16.7. The van der Waals surface area contributed by atoms with E-state index >= 15 is 0 Å². The summed E-state index contributed by atoms with van der Waals surface area (Å²) in [4.78, 5) is 8.79. The maximum absolute atomic E-state index is 12.0. The lowest BCUT2D eigenvalue weighted by Crippen LogP contribution is -2.37. The SMILES string of the molecule is CCOc1c(C)cc(Nc2ncc(Cl)c(Nc3ccc(CNS(=O)(=O)NC4CC4)cc3)n2)cc1C. The molecular formula is C24H29ClN6O3S. The van der Waals surface area contributed by atoms with Crippen molar-refractivity contribution >= 4 is 45.0 Å².